The molecular weight excluding hydrogens is 374 g/mol. The van der Waals surface area contributed by atoms with Gasteiger partial charge in [-0.25, -0.2) is 4.79 Å². The third kappa shape index (κ3) is 3.88. The second-order valence-electron chi connectivity index (χ2n) is 5.76. The van der Waals surface area contributed by atoms with Gasteiger partial charge in [-0.3, -0.25) is 10.1 Å². The van der Waals surface area contributed by atoms with E-state index in [1.54, 1.807) is 12.1 Å². The van der Waals surface area contributed by atoms with Crippen LogP contribution >= 0.6 is 11.6 Å². The number of halogens is 1. The molecular formula is C19H16ClNO6. The van der Waals surface area contributed by atoms with Gasteiger partial charge in [-0.2, -0.15) is 0 Å². The van der Waals surface area contributed by atoms with Gasteiger partial charge in [0, 0.05) is 28.1 Å². The summed E-state index contributed by atoms with van der Waals surface area (Å²) in [7, 11) is 1.44. The van der Waals surface area contributed by atoms with E-state index in [4.69, 9.17) is 25.5 Å². The first-order valence-electron chi connectivity index (χ1n) is 8.13. The third-order valence-corrected chi connectivity index (χ3v) is 4.47. The second-order valence-corrected chi connectivity index (χ2v) is 6.17. The number of fused-ring (bicyclic) bond motifs is 1. The number of nitrogens with zero attached hydrogens (tertiary/aromatic N) is 1. The maximum atomic E-state index is 11.9. The van der Waals surface area contributed by atoms with E-state index < -0.39 is 10.5 Å². The minimum absolute atomic E-state index is 0.0125. The number of rotatable bonds is 6. The van der Waals surface area contributed by atoms with Crippen LogP contribution in [0.5, 0.6) is 11.5 Å². The van der Waals surface area contributed by atoms with E-state index in [-0.39, 0.29) is 18.0 Å². The Morgan fingerprint density at radius 2 is 1.93 bits per heavy atom. The van der Waals surface area contributed by atoms with Crippen LogP contribution in [0, 0.1) is 10.1 Å². The summed E-state index contributed by atoms with van der Waals surface area (Å²) in [6, 6.07) is 8.82. The molecule has 2 aromatic carbocycles. The number of hydrogen-bond donors (Lipinski definition) is 0. The molecule has 3 aromatic rings. The molecule has 0 saturated carbocycles. The van der Waals surface area contributed by atoms with Crippen molar-refractivity contribution in [3.63, 3.8) is 0 Å². The Bertz CT molecular complexity index is 1080. The number of benzene rings is 2. The highest BCUT2D eigenvalue weighted by atomic mass is 35.5. The first kappa shape index (κ1) is 18.7. The number of ether oxygens (including phenoxy) is 2. The summed E-state index contributed by atoms with van der Waals surface area (Å²) in [5, 5.41) is 12.2. The Morgan fingerprint density at radius 3 is 2.59 bits per heavy atom. The third-order valence-electron chi connectivity index (χ3n) is 4.12. The molecule has 1 aromatic heterocycles. The van der Waals surface area contributed by atoms with E-state index in [9.17, 15) is 14.9 Å². The van der Waals surface area contributed by atoms with Gasteiger partial charge in [-0.1, -0.05) is 18.5 Å². The molecule has 0 spiro atoms. The summed E-state index contributed by atoms with van der Waals surface area (Å²) in [5.74, 6) is 0.545. The monoisotopic (exact) mass is 389 g/mol. The average molecular weight is 390 g/mol. The highest BCUT2D eigenvalue weighted by Gasteiger charge is 2.15. The number of nitro groups is 1. The lowest BCUT2D eigenvalue weighted by Crippen LogP contribution is -2.05. The molecule has 7 nitrogen and oxygen atoms in total. The smallest absolute Gasteiger partial charge is 0.336 e. The summed E-state index contributed by atoms with van der Waals surface area (Å²) in [5.41, 5.74) is 1.19. The molecule has 0 bridgehead atoms. The molecule has 27 heavy (non-hydrogen) atoms. The van der Waals surface area contributed by atoms with Crippen LogP contribution in [0.25, 0.3) is 11.0 Å². The van der Waals surface area contributed by atoms with Crippen molar-refractivity contribution in [3.05, 3.63) is 73.1 Å². The van der Waals surface area contributed by atoms with Gasteiger partial charge < -0.3 is 13.9 Å². The van der Waals surface area contributed by atoms with Gasteiger partial charge in [0.1, 0.15) is 12.2 Å². The van der Waals surface area contributed by atoms with Gasteiger partial charge in [0.05, 0.1) is 18.1 Å². The van der Waals surface area contributed by atoms with E-state index in [1.807, 2.05) is 6.92 Å². The number of hydrogen-bond acceptors (Lipinski definition) is 6. The van der Waals surface area contributed by atoms with Crippen LogP contribution in [0.1, 0.15) is 18.1 Å². The molecule has 140 valence electrons. The highest BCUT2D eigenvalue weighted by Crippen LogP contribution is 2.33. The molecule has 0 atom stereocenters. The molecule has 3 rings (SSSR count). The molecule has 0 radical (unpaired) electrons. The molecule has 1 heterocycles. The lowest BCUT2D eigenvalue weighted by molar-refractivity contribution is -0.385. The Hall–Kier alpha value is -3.06. The molecule has 0 fully saturated rings. The van der Waals surface area contributed by atoms with Crippen molar-refractivity contribution in [2.24, 2.45) is 0 Å². The van der Waals surface area contributed by atoms with Crippen LogP contribution in [0.3, 0.4) is 0 Å². The van der Waals surface area contributed by atoms with Gasteiger partial charge in [0.15, 0.2) is 11.5 Å². The largest absolute Gasteiger partial charge is 0.493 e. The van der Waals surface area contributed by atoms with Crippen molar-refractivity contribution in [1.29, 1.82) is 0 Å². The van der Waals surface area contributed by atoms with E-state index in [0.717, 1.165) is 5.56 Å². The maximum absolute atomic E-state index is 11.9. The maximum Gasteiger partial charge on any atom is 0.336 e. The zero-order chi connectivity index (χ0) is 19.6. The molecule has 0 unspecified atom stereocenters. The van der Waals surface area contributed by atoms with Crippen LogP contribution in [0.2, 0.25) is 5.02 Å². The summed E-state index contributed by atoms with van der Waals surface area (Å²) in [4.78, 5) is 22.4. The number of aryl methyl sites for hydroxylation is 1. The Labute approximate surface area is 159 Å². The number of nitro benzene ring substituents is 1. The minimum atomic E-state index is -0.523. The van der Waals surface area contributed by atoms with Gasteiger partial charge in [0.2, 0.25) is 0 Å². The highest BCUT2D eigenvalue weighted by molar-refractivity contribution is 6.32. The fourth-order valence-corrected chi connectivity index (χ4v) is 3.02. The van der Waals surface area contributed by atoms with E-state index in [0.29, 0.717) is 33.7 Å². The first-order chi connectivity index (χ1) is 12.9. The van der Waals surface area contributed by atoms with Crippen molar-refractivity contribution >= 4 is 28.3 Å². The van der Waals surface area contributed by atoms with Crippen LogP contribution < -0.4 is 15.1 Å². The van der Waals surface area contributed by atoms with Crippen molar-refractivity contribution in [2.45, 2.75) is 20.0 Å². The summed E-state index contributed by atoms with van der Waals surface area (Å²) in [6.07, 6.45) is 0.699. The Kier molecular flexibility index (Phi) is 5.32. The normalized spacial score (nSPS) is 10.8. The van der Waals surface area contributed by atoms with Crippen molar-refractivity contribution in [1.82, 2.24) is 0 Å². The SMILES string of the molecule is CCc1cc2oc(=O)cc(COc3cc([N+](=O)[O-])ccc3OC)c2cc1Cl. The standard InChI is InChI=1S/C19H16ClNO6/c1-3-11-6-17-14(9-15(11)20)12(7-19(22)27-17)10-26-18-8-13(21(23)24)4-5-16(18)25-2/h4-9H,3,10H2,1-2H3. The van der Waals surface area contributed by atoms with Crippen molar-refractivity contribution in [2.75, 3.05) is 7.11 Å². The molecule has 0 amide bonds. The lowest BCUT2D eigenvalue weighted by atomic mass is 10.1. The van der Waals surface area contributed by atoms with Gasteiger partial charge in [-0.15, -0.1) is 0 Å². The zero-order valence-corrected chi connectivity index (χ0v) is 15.4. The van der Waals surface area contributed by atoms with Crippen LogP contribution in [0.15, 0.2) is 45.6 Å². The van der Waals surface area contributed by atoms with Crippen LogP contribution in [-0.4, -0.2) is 12.0 Å². The second kappa shape index (κ2) is 7.67. The lowest BCUT2D eigenvalue weighted by Gasteiger charge is -2.12. The Morgan fingerprint density at radius 1 is 1.15 bits per heavy atom. The minimum Gasteiger partial charge on any atom is -0.493 e. The summed E-state index contributed by atoms with van der Waals surface area (Å²) in [6.45, 7) is 1.94. The van der Waals surface area contributed by atoms with Crippen LogP contribution in [-0.2, 0) is 13.0 Å². The Balaban J connectivity index is 2.00. The topological polar surface area (TPSA) is 91.8 Å². The fraction of sp³-hybridized carbons (Fsp3) is 0.211. The van der Waals surface area contributed by atoms with Gasteiger partial charge in [-0.05, 0) is 30.2 Å². The molecule has 0 aliphatic heterocycles. The van der Waals surface area contributed by atoms with Gasteiger partial charge in [0.25, 0.3) is 5.69 Å². The fourth-order valence-electron chi connectivity index (χ4n) is 2.73. The van der Waals surface area contributed by atoms with Crippen LogP contribution in [0.4, 0.5) is 5.69 Å². The van der Waals surface area contributed by atoms with E-state index >= 15 is 0 Å². The molecule has 0 N–H and O–H groups in total. The molecule has 8 heteroatoms. The van der Waals surface area contributed by atoms with E-state index in [2.05, 4.69) is 0 Å². The van der Waals surface area contributed by atoms with Crippen molar-refractivity contribution in [3.8, 4) is 11.5 Å². The first-order valence-corrected chi connectivity index (χ1v) is 8.51. The predicted octanol–water partition coefficient (Wildman–Crippen LogP) is 4.50. The van der Waals surface area contributed by atoms with E-state index in [1.165, 1.54) is 31.4 Å². The molecule has 0 aliphatic carbocycles. The number of non-ortho nitro benzene ring substituents is 1. The van der Waals surface area contributed by atoms with Gasteiger partial charge >= 0.3 is 5.63 Å². The zero-order valence-electron chi connectivity index (χ0n) is 14.7. The molecule has 0 saturated heterocycles. The predicted molar refractivity (Wildman–Crippen MR) is 101 cm³/mol. The average Bonchev–Trinajstić information content (AvgIpc) is 2.65. The summed E-state index contributed by atoms with van der Waals surface area (Å²) >= 11 is 6.28. The summed E-state index contributed by atoms with van der Waals surface area (Å²) < 4.78 is 16.2. The molecule has 0 aliphatic rings. The van der Waals surface area contributed by atoms with Crippen molar-refractivity contribution < 1.29 is 18.8 Å². The quantitative estimate of drug-likeness (QED) is 0.350. The number of methoxy groups -OCH3 is 1.